The van der Waals surface area contributed by atoms with Crippen molar-refractivity contribution in [3.63, 3.8) is 0 Å². The van der Waals surface area contributed by atoms with Crippen molar-refractivity contribution < 1.29 is 19.1 Å². The average molecular weight is 460 g/mol. The van der Waals surface area contributed by atoms with Gasteiger partial charge in [0.2, 0.25) is 0 Å². The van der Waals surface area contributed by atoms with Crippen molar-refractivity contribution in [3.8, 4) is 11.3 Å². The summed E-state index contributed by atoms with van der Waals surface area (Å²) in [7, 11) is 0. The van der Waals surface area contributed by atoms with Crippen LogP contribution in [0.15, 0.2) is 36.5 Å². The van der Waals surface area contributed by atoms with Gasteiger partial charge in [-0.3, -0.25) is 4.90 Å². The Hall–Kier alpha value is -3.45. The predicted molar refractivity (Wildman–Crippen MR) is 127 cm³/mol. The first kappa shape index (κ1) is 22.3. The molecule has 0 unspecified atom stereocenters. The molecule has 4 heterocycles. The third kappa shape index (κ3) is 3.80. The highest BCUT2D eigenvalue weighted by Gasteiger charge is 2.26. The van der Waals surface area contributed by atoms with Gasteiger partial charge in [0.1, 0.15) is 19.0 Å². The van der Waals surface area contributed by atoms with Crippen molar-refractivity contribution in [2.45, 2.75) is 53.5 Å². The van der Waals surface area contributed by atoms with Gasteiger partial charge in [0.25, 0.3) is 0 Å². The van der Waals surface area contributed by atoms with E-state index in [0.29, 0.717) is 24.3 Å². The van der Waals surface area contributed by atoms with Crippen LogP contribution in [0, 0.1) is 6.92 Å². The number of hydrogen-bond acceptors (Lipinski definition) is 6. The Morgan fingerprint density at radius 2 is 1.74 bits per heavy atom. The van der Waals surface area contributed by atoms with Gasteiger partial charge in [0.05, 0.1) is 29.6 Å². The highest BCUT2D eigenvalue weighted by molar-refractivity contribution is 5.94. The van der Waals surface area contributed by atoms with E-state index in [-0.39, 0.29) is 11.9 Å². The highest BCUT2D eigenvalue weighted by Crippen LogP contribution is 2.30. The Labute approximate surface area is 199 Å². The van der Waals surface area contributed by atoms with Crippen LogP contribution in [-0.2, 0) is 42.2 Å². The van der Waals surface area contributed by atoms with E-state index in [9.17, 15) is 9.59 Å². The Balaban J connectivity index is 0.00000117. The van der Waals surface area contributed by atoms with E-state index < -0.39 is 0 Å². The number of ether oxygens (including phenoxy) is 2. The fourth-order valence-electron chi connectivity index (χ4n) is 4.97. The van der Waals surface area contributed by atoms with Crippen molar-refractivity contribution in [2.75, 3.05) is 13.1 Å². The molecule has 0 spiro atoms. The van der Waals surface area contributed by atoms with E-state index in [0.717, 1.165) is 60.8 Å². The molecule has 0 aliphatic carbocycles. The molecule has 3 aliphatic rings. The molecule has 6 rings (SSSR count). The number of esters is 2. The molecule has 176 valence electrons. The first-order valence-corrected chi connectivity index (χ1v) is 11.9. The van der Waals surface area contributed by atoms with Crippen molar-refractivity contribution >= 4 is 11.9 Å². The minimum absolute atomic E-state index is 0.212. The smallest absolute Gasteiger partial charge is 0.338 e. The zero-order valence-corrected chi connectivity index (χ0v) is 19.9. The Kier molecular flexibility index (Phi) is 5.96. The number of carbonyl (C=O) groups is 2. The lowest BCUT2D eigenvalue weighted by Crippen LogP contribution is -2.35. The fourth-order valence-corrected chi connectivity index (χ4v) is 4.97. The molecule has 34 heavy (non-hydrogen) atoms. The summed E-state index contributed by atoms with van der Waals surface area (Å²) in [6, 6.07) is 9.84. The Morgan fingerprint density at radius 3 is 2.59 bits per heavy atom. The van der Waals surface area contributed by atoms with Gasteiger partial charge in [-0.05, 0) is 42.7 Å². The molecule has 3 aliphatic heterocycles. The van der Waals surface area contributed by atoms with Crippen LogP contribution in [-0.4, -0.2) is 39.5 Å². The molecule has 7 heteroatoms. The van der Waals surface area contributed by atoms with E-state index in [2.05, 4.69) is 27.4 Å². The van der Waals surface area contributed by atoms with Crippen LogP contribution >= 0.6 is 0 Å². The van der Waals surface area contributed by atoms with Crippen LogP contribution in [0.25, 0.3) is 11.3 Å². The van der Waals surface area contributed by atoms with Gasteiger partial charge in [-0.25, -0.2) is 14.6 Å². The van der Waals surface area contributed by atoms with Crippen LogP contribution in [0.5, 0.6) is 0 Å². The second-order valence-corrected chi connectivity index (χ2v) is 8.64. The fraction of sp³-hybridized carbons (Fsp3) is 0.370. The summed E-state index contributed by atoms with van der Waals surface area (Å²) in [5, 5.41) is 0. The van der Waals surface area contributed by atoms with Crippen molar-refractivity contribution in [2.24, 2.45) is 0 Å². The van der Waals surface area contributed by atoms with Crippen LogP contribution < -0.4 is 0 Å². The van der Waals surface area contributed by atoms with Crippen LogP contribution in [0.4, 0.5) is 0 Å². The topological polar surface area (TPSA) is 73.7 Å². The SMILES string of the molecule is CC.Cc1c(CCN2CCn3c(-c4ccc5c(c4)COC5=O)cnc3C2)ccc2c1COC2=O. The molecule has 2 aromatic carbocycles. The average Bonchev–Trinajstić information content (AvgIpc) is 3.57. The molecule has 0 atom stereocenters. The minimum Gasteiger partial charge on any atom is -0.457 e. The maximum atomic E-state index is 11.8. The number of hydrogen-bond donors (Lipinski definition) is 0. The lowest BCUT2D eigenvalue weighted by molar-refractivity contribution is 0.0526. The van der Waals surface area contributed by atoms with E-state index in [1.807, 2.05) is 44.3 Å². The molecule has 7 nitrogen and oxygen atoms in total. The summed E-state index contributed by atoms with van der Waals surface area (Å²) >= 11 is 0. The monoisotopic (exact) mass is 459 g/mol. The van der Waals surface area contributed by atoms with Crippen LogP contribution in [0.1, 0.15) is 62.6 Å². The van der Waals surface area contributed by atoms with Crippen LogP contribution in [0.2, 0.25) is 0 Å². The number of rotatable bonds is 4. The molecular weight excluding hydrogens is 430 g/mol. The minimum atomic E-state index is -0.241. The first-order chi connectivity index (χ1) is 16.6. The van der Waals surface area contributed by atoms with Crippen molar-refractivity contribution in [3.05, 3.63) is 75.7 Å². The van der Waals surface area contributed by atoms with Gasteiger partial charge in [0, 0.05) is 36.3 Å². The Bertz CT molecular complexity index is 1280. The number of imidazole rings is 1. The molecule has 0 saturated carbocycles. The highest BCUT2D eigenvalue weighted by atomic mass is 16.5. The van der Waals surface area contributed by atoms with Crippen molar-refractivity contribution in [1.29, 1.82) is 0 Å². The first-order valence-electron chi connectivity index (χ1n) is 11.9. The Morgan fingerprint density at radius 1 is 0.971 bits per heavy atom. The third-order valence-corrected chi connectivity index (χ3v) is 6.90. The summed E-state index contributed by atoms with van der Waals surface area (Å²) in [5.41, 5.74) is 7.95. The molecule has 0 fully saturated rings. The van der Waals surface area contributed by atoms with Gasteiger partial charge in [-0.1, -0.05) is 26.0 Å². The van der Waals surface area contributed by atoms with Gasteiger partial charge in [-0.2, -0.15) is 0 Å². The molecule has 0 radical (unpaired) electrons. The number of benzene rings is 2. The lowest BCUT2D eigenvalue weighted by atomic mass is 9.96. The van der Waals surface area contributed by atoms with Crippen LogP contribution in [0.3, 0.4) is 0 Å². The predicted octanol–water partition coefficient (Wildman–Crippen LogP) is 4.28. The van der Waals surface area contributed by atoms with Gasteiger partial charge in [0.15, 0.2) is 0 Å². The maximum Gasteiger partial charge on any atom is 0.338 e. The molecule has 0 saturated heterocycles. The third-order valence-electron chi connectivity index (χ3n) is 6.90. The zero-order valence-electron chi connectivity index (χ0n) is 19.9. The van der Waals surface area contributed by atoms with E-state index in [1.54, 1.807) is 0 Å². The normalized spacial score (nSPS) is 16.2. The molecule has 0 amide bonds. The molecule has 0 bridgehead atoms. The maximum absolute atomic E-state index is 11.8. The number of fused-ring (bicyclic) bond motifs is 3. The number of aromatic nitrogens is 2. The second kappa shape index (κ2) is 9.06. The summed E-state index contributed by atoms with van der Waals surface area (Å²) < 4.78 is 12.6. The number of carbonyl (C=O) groups excluding carboxylic acids is 2. The van der Waals surface area contributed by atoms with E-state index >= 15 is 0 Å². The quantitative estimate of drug-likeness (QED) is 0.542. The van der Waals surface area contributed by atoms with E-state index in [4.69, 9.17) is 9.47 Å². The largest absolute Gasteiger partial charge is 0.457 e. The molecular formula is C27H29N3O4. The number of nitrogens with zero attached hydrogens (tertiary/aromatic N) is 3. The summed E-state index contributed by atoms with van der Waals surface area (Å²) in [5.74, 6) is 0.606. The standard InChI is InChI=1S/C25H23N3O4.C2H6/c1-15-16(2-5-20-21(15)14-32-25(20)30)6-7-27-8-9-28-22(11-26-23(28)12-27)17-3-4-19-18(10-17)13-31-24(19)29;1-2/h2-5,10-11H,6-9,12-14H2,1H3;1-2H3. The molecule has 0 N–H and O–H groups in total. The summed E-state index contributed by atoms with van der Waals surface area (Å²) in [4.78, 5) is 30.6. The number of cyclic esters (lactones) is 2. The van der Waals surface area contributed by atoms with Gasteiger partial charge in [-0.15, -0.1) is 0 Å². The van der Waals surface area contributed by atoms with Gasteiger partial charge >= 0.3 is 11.9 Å². The molecule has 3 aromatic rings. The summed E-state index contributed by atoms with van der Waals surface area (Å²) in [6.45, 7) is 10.4. The summed E-state index contributed by atoms with van der Waals surface area (Å²) in [6.07, 6.45) is 2.86. The van der Waals surface area contributed by atoms with E-state index in [1.165, 1.54) is 11.1 Å². The zero-order chi connectivity index (χ0) is 23.8. The molecule has 1 aromatic heterocycles. The van der Waals surface area contributed by atoms with Gasteiger partial charge < -0.3 is 14.0 Å². The lowest BCUT2D eigenvalue weighted by Gasteiger charge is -2.28. The van der Waals surface area contributed by atoms with Crippen molar-refractivity contribution in [1.82, 2.24) is 14.5 Å². The second-order valence-electron chi connectivity index (χ2n) is 8.64.